The Hall–Kier alpha value is -2.45. The molecule has 6 nitrogen and oxygen atoms in total. The molecule has 1 unspecified atom stereocenters. The first-order valence-corrected chi connectivity index (χ1v) is 9.35. The van der Waals surface area contributed by atoms with Crippen LogP contribution in [0.2, 0.25) is 0 Å². The highest BCUT2D eigenvalue weighted by molar-refractivity contribution is 7.15. The molecule has 1 saturated heterocycles. The van der Waals surface area contributed by atoms with Gasteiger partial charge in [0.15, 0.2) is 10.9 Å². The number of hydrogen-bond donors (Lipinski definition) is 1. The van der Waals surface area contributed by atoms with E-state index < -0.39 is 0 Å². The van der Waals surface area contributed by atoms with Gasteiger partial charge in [-0.1, -0.05) is 0 Å². The highest BCUT2D eigenvalue weighted by Crippen LogP contribution is 2.32. The van der Waals surface area contributed by atoms with Crippen molar-refractivity contribution < 1.29 is 4.39 Å². The lowest BCUT2D eigenvalue weighted by Crippen LogP contribution is -2.24. The van der Waals surface area contributed by atoms with Gasteiger partial charge in [0, 0.05) is 17.6 Å². The van der Waals surface area contributed by atoms with Crippen LogP contribution in [-0.2, 0) is 6.54 Å². The van der Waals surface area contributed by atoms with Gasteiger partial charge in [0.25, 0.3) is 0 Å². The van der Waals surface area contributed by atoms with Crippen molar-refractivity contribution in [3.63, 3.8) is 0 Å². The van der Waals surface area contributed by atoms with Crippen molar-refractivity contribution in [1.29, 1.82) is 0 Å². The van der Waals surface area contributed by atoms with E-state index in [1.165, 1.54) is 12.3 Å². The SMILES string of the molecule is Cc1cnc(Nc2cncc(C3CCCN3Cc3ccc(F)cn3)n2)s1. The second-order valence-electron chi connectivity index (χ2n) is 6.33. The van der Waals surface area contributed by atoms with Gasteiger partial charge in [-0.15, -0.1) is 11.3 Å². The first kappa shape index (κ1) is 17.0. The largest absolute Gasteiger partial charge is 0.315 e. The molecule has 3 aromatic heterocycles. The zero-order chi connectivity index (χ0) is 17.9. The van der Waals surface area contributed by atoms with Gasteiger partial charge >= 0.3 is 0 Å². The molecule has 0 spiro atoms. The third-order valence-corrected chi connectivity index (χ3v) is 5.20. The molecule has 0 bridgehead atoms. The molecule has 0 saturated carbocycles. The van der Waals surface area contributed by atoms with Gasteiger partial charge in [0.1, 0.15) is 5.82 Å². The first-order valence-electron chi connectivity index (χ1n) is 8.53. The summed E-state index contributed by atoms with van der Waals surface area (Å²) in [6.07, 6.45) is 8.74. The summed E-state index contributed by atoms with van der Waals surface area (Å²) >= 11 is 1.58. The minimum absolute atomic E-state index is 0.189. The van der Waals surface area contributed by atoms with Crippen LogP contribution in [0.5, 0.6) is 0 Å². The van der Waals surface area contributed by atoms with Crippen LogP contribution in [0, 0.1) is 12.7 Å². The molecule has 8 heteroatoms. The summed E-state index contributed by atoms with van der Waals surface area (Å²) in [6, 6.07) is 3.38. The molecular weight excluding hydrogens is 351 g/mol. The van der Waals surface area contributed by atoms with E-state index in [0.29, 0.717) is 12.4 Å². The number of pyridine rings is 1. The summed E-state index contributed by atoms with van der Waals surface area (Å²) < 4.78 is 13.1. The van der Waals surface area contributed by atoms with E-state index in [9.17, 15) is 4.39 Å². The molecule has 1 N–H and O–H groups in total. The number of hydrogen-bond acceptors (Lipinski definition) is 7. The van der Waals surface area contributed by atoms with Crippen LogP contribution in [0.15, 0.2) is 36.9 Å². The van der Waals surface area contributed by atoms with Crippen LogP contribution in [-0.4, -0.2) is 31.4 Å². The summed E-state index contributed by atoms with van der Waals surface area (Å²) in [5.74, 6) is 0.386. The van der Waals surface area contributed by atoms with Gasteiger partial charge in [-0.25, -0.2) is 14.4 Å². The Morgan fingerprint density at radius 2 is 2.15 bits per heavy atom. The van der Waals surface area contributed by atoms with Crippen molar-refractivity contribution in [1.82, 2.24) is 24.8 Å². The molecule has 4 heterocycles. The Morgan fingerprint density at radius 1 is 1.23 bits per heavy atom. The predicted octanol–water partition coefficient (Wildman–Crippen LogP) is 3.86. The molecule has 0 radical (unpaired) electrons. The third kappa shape index (κ3) is 3.86. The molecular formula is C18H19FN6S. The molecule has 0 aliphatic carbocycles. The van der Waals surface area contributed by atoms with Crippen molar-refractivity contribution >= 4 is 22.3 Å². The van der Waals surface area contributed by atoms with Gasteiger partial charge in [-0.05, 0) is 38.4 Å². The predicted molar refractivity (Wildman–Crippen MR) is 98.7 cm³/mol. The van der Waals surface area contributed by atoms with Crippen LogP contribution < -0.4 is 5.32 Å². The number of thiazole rings is 1. The minimum atomic E-state index is -0.311. The fourth-order valence-electron chi connectivity index (χ4n) is 3.18. The van der Waals surface area contributed by atoms with Crippen LogP contribution in [0.4, 0.5) is 15.3 Å². The Labute approximate surface area is 155 Å². The van der Waals surface area contributed by atoms with Crippen molar-refractivity contribution in [2.24, 2.45) is 0 Å². The van der Waals surface area contributed by atoms with E-state index >= 15 is 0 Å². The zero-order valence-corrected chi connectivity index (χ0v) is 15.2. The zero-order valence-electron chi connectivity index (χ0n) is 14.4. The Morgan fingerprint density at radius 3 is 2.92 bits per heavy atom. The highest BCUT2D eigenvalue weighted by Gasteiger charge is 2.28. The quantitative estimate of drug-likeness (QED) is 0.736. The number of aryl methyl sites for hydroxylation is 1. The lowest BCUT2D eigenvalue weighted by atomic mass is 10.1. The van der Waals surface area contributed by atoms with E-state index in [4.69, 9.17) is 4.98 Å². The topological polar surface area (TPSA) is 66.8 Å². The summed E-state index contributed by atoms with van der Waals surface area (Å²) in [7, 11) is 0. The molecule has 0 aromatic carbocycles. The summed E-state index contributed by atoms with van der Waals surface area (Å²) in [5, 5.41) is 4.03. The lowest BCUT2D eigenvalue weighted by Gasteiger charge is -2.23. The van der Waals surface area contributed by atoms with Crippen LogP contribution in [0.3, 0.4) is 0 Å². The van der Waals surface area contributed by atoms with Gasteiger partial charge in [0.2, 0.25) is 0 Å². The van der Waals surface area contributed by atoms with Crippen LogP contribution >= 0.6 is 11.3 Å². The smallest absolute Gasteiger partial charge is 0.188 e. The second kappa shape index (κ2) is 7.43. The number of likely N-dealkylation sites (tertiary alicyclic amines) is 1. The summed E-state index contributed by atoms with van der Waals surface area (Å²) in [4.78, 5) is 21.0. The van der Waals surface area contributed by atoms with Crippen LogP contribution in [0.1, 0.15) is 35.1 Å². The number of nitrogens with zero attached hydrogens (tertiary/aromatic N) is 5. The fourth-order valence-corrected chi connectivity index (χ4v) is 3.85. The molecule has 0 amide bonds. The molecule has 134 valence electrons. The number of halogens is 1. The van der Waals surface area contributed by atoms with E-state index in [2.05, 4.69) is 25.2 Å². The number of rotatable bonds is 5. The normalized spacial score (nSPS) is 17.5. The van der Waals surface area contributed by atoms with Crippen molar-refractivity contribution in [3.05, 3.63) is 59.0 Å². The lowest BCUT2D eigenvalue weighted by molar-refractivity contribution is 0.241. The Kier molecular flexibility index (Phi) is 4.85. The van der Waals surface area contributed by atoms with E-state index in [-0.39, 0.29) is 11.9 Å². The standard InChI is InChI=1S/C18H19FN6S/c1-12-7-22-18(26-12)24-17-10-20-9-15(23-17)16-3-2-6-25(16)11-14-5-4-13(19)8-21-14/h4-5,7-10,16H,2-3,6,11H2,1H3,(H,22,23,24). The van der Waals surface area contributed by atoms with E-state index in [1.807, 2.05) is 19.3 Å². The Balaban J connectivity index is 1.50. The molecule has 26 heavy (non-hydrogen) atoms. The van der Waals surface area contributed by atoms with Crippen LogP contribution in [0.25, 0.3) is 0 Å². The Bertz CT molecular complexity index is 881. The first-order chi connectivity index (χ1) is 12.7. The maximum atomic E-state index is 13.1. The molecule has 4 rings (SSSR count). The number of aromatic nitrogens is 4. The van der Waals surface area contributed by atoms with Gasteiger partial charge in [0.05, 0.1) is 36.0 Å². The van der Waals surface area contributed by atoms with E-state index in [1.54, 1.807) is 23.6 Å². The molecule has 3 aromatic rings. The highest BCUT2D eigenvalue weighted by atomic mass is 32.1. The number of anilines is 2. The fraction of sp³-hybridized carbons (Fsp3) is 0.333. The maximum Gasteiger partial charge on any atom is 0.188 e. The molecule has 1 aliphatic rings. The van der Waals surface area contributed by atoms with E-state index in [0.717, 1.165) is 40.8 Å². The maximum absolute atomic E-state index is 13.1. The second-order valence-corrected chi connectivity index (χ2v) is 7.56. The van der Waals surface area contributed by atoms with Crippen molar-refractivity contribution in [3.8, 4) is 0 Å². The summed E-state index contributed by atoms with van der Waals surface area (Å²) in [5.41, 5.74) is 1.79. The average Bonchev–Trinajstić information content (AvgIpc) is 3.26. The molecule has 1 atom stereocenters. The van der Waals surface area contributed by atoms with Gasteiger partial charge in [-0.3, -0.25) is 14.9 Å². The average molecular weight is 370 g/mol. The van der Waals surface area contributed by atoms with Crippen molar-refractivity contribution in [2.45, 2.75) is 32.4 Å². The number of nitrogens with one attached hydrogen (secondary N) is 1. The van der Waals surface area contributed by atoms with Crippen molar-refractivity contribution in [2.75, 3.05) is 11.9 Å². The monoisotopic (exact) mass is 370 g/mol. The minimum Gasteiger partial charge on any atom is -0.315 e. The molecule has 1 fully saturated rings. The molecule has 1 aliphatic heterocycles. The van der Waals surface area contributed by atoms with Gasteiger partial charge < -0.3 is 5.32 Å². The van der Waals surface area contributed by atoms with Gasteiger partial charge in [-0.2, -0.15) is 0 Å². The third-order valence-electron chi connectivity index (χ3n) is 4.37. The summed E-state index contributed by atoms with van der Waals surface area (Å²) in [6.45, 7) is 3.66.